The highest BCUT2D eigenvalue weighted by molar-refractivity contribution is 5.65. The maximum atomic E-state index is 13.0. The Hall–Kier alpha value is -1.87. The molecule has 1 N–H and O–H groups in total. The van der Waals surface area contributed by atoms with Crippen LogP contribution in [-0.4, -0.2) is 13.1 Å². The van der Waals surface area contributed by atoms with Gasteiger partial charge in [0.15, 0.2) is 0 Å². The molecule has 104 valence electrons. The third-order valence-electron chi connectivity index (χ3n) is 3.73. The first-order valence-corrected chi connectivity index (χ1v) is 7.04. The number of anilines is 2. The van der Waals surface area contributed by atoms with Gasteiger partial charge in [-0.2, -0.15) is 0 Å². The molecule has 2 aromatic carbocycles. The molecule has 1 aliphatic carbocycles. The van der Waals surface area contributed by atoms with Crippen molar-refractivity contribution in [3.8, 4) is 0 Å². The first-order chi connectivity index (χ1) is 9.74. The van der Waals surface area contributed by atoms with Crippen molar-refractivity contribution in [2.24, 2.45) is 0 Å². The van der Waals surface area contributed by atoms with Gasteiger partial charge in [-0.05, 0) is 48.7 Å². The number of nitrogens with one attached hydrogen (secondary N) is 1. The summed E-state index contributed by atoms with van der Waals surface area (Å²) in [4.78, 5) is 2.10. The summed E-state index contributed by atoms with van der Waals surface area (Å²) in [7, 11) is 2.02. The molecule has 1 saturated carbocycles. The fourth-order valence-corrected chi connectivity index (χ4v) is 2.33. The van der Waals surface area contributed by atoms with Gasteiger partial charge in [-0.3, -0.25) is 0 Å². The zero-order valence-electron chi connectivity index (χ0n) is 11.6. The molecule has 0 spiro atoms. The second-order valence-electron chi connectivity index (χ2n) is 5.32. The molecule has 0 saturated heterocycles. The molecule has 3 heteroatoms. The van der Waals surface area contributed by atoms with Crippen LogP contribution in [0.2, 0.25) is 0 Å². The van der Waals surface area contributed by atoms with Crippen LogP contribution in [-0.2, 0) is 6.54 Å². The molecule has 1 aliphatic rings. The highest BCUT2D eigenvalue weighted by Gasteiger charge is 2.20. The van der Waals surface area contributed by atoms with Gasteiger partial charge in [-0.15, -0.1) is 0 Å². The van der Waals surface area contributed by atoms with E-state index in [0.29, 0.717) is 6.04 Å². The van der Waals surface area contributed by atoms with E-state index in [-0.39, 0.29) is 5.82 Å². The minimum atomic E-state index is -0.203. The Bertz CT molecular complexity index is 576. The van der Waals surface area contributed by atoms with Gasteiger partial charge in [0.25, 0.3) is 0 Å². The van der Waals surface area contributed by atoms with Gasteiger partial charge < -0.3 is 10.2 Å². The van der Waals surface area contributed by atoms with Crippen molar-refractivity contribution in [1.29, 1.82) is 0 Å². The largest absolute Gasteiger partial charge is 0.344 e. The highest BCUT2D eigenvalue weighted by Crippen LogP contribution is 2.28. The predicted molar refractivity (Wildman–Crippen MR) is 80.8 cm³/mol. The lowest BCUT2D eigenvalue weighted by molar-refractivity contribution is 0.628. The van der Waals surface area contributed by atoms with Crippen LogP contribution in [0.3, 0.4) is 0 Å². The van der Waals surface area contributed by atoms with Crippen LogP contribution in [0.1, 0.15) is 18.4 Å². The first kappa shape index (κ1) is 13.1. The fraction of sp³-hybridized carbons (Fsp3) is 0.294. The quantitative estimate of drug-likeness (QED) is 0.888. The van der Waals surface area contributed by atoms with E-state index in [9.17, 15) is 4.39 Å². The standard InChI is InChI=1S/C17H19FN2/c1-20(16-10-6-14(18)7-11-16)17-5-3-2-4-13(17)12-19-15-8-9-15/h2-7,10-11,15,19H,8-9,12H2,1H3. The van der Waals surface area contributed by atoms with E-state index in [2.05, 4.69) is 28.4 Å². The van der Waals surface area contributed by atoms with Gasteiger partial charge in [0.1, 0.15) is 5.82 Å². The molecule has 0 unspecified atom stereocenters. The van der Waals surface area contributed by atoms with E-state index in [0.717, 1.165) is 17.9 Å². The Kier molecular flexibility index (Phi) is 3.70. The van der Waals surface area contributed by atoms with Crippen molar-refractivity contribution in [3.05, 3.63) is 59.9 Å². The Morgan fingerprint density at radius 1 is 1.10 bits per heavy atom. The average molecular weight is 270 g/mol. The van der Waals surface area contributed by atoms with E-state index in [1.165, 1.54) is 30.5 Å². The molecule has 2 aromatic rings. The van der Waals surface area contributed by atoms with Gasteiger partial charge in [0.05, 0.1) is 0 Å². The number of halogens is 1. The number of benzene rings is 2. The van der Waals surface area contributed by atoms with Crippen LogP contribution in [0.4, 0.5) is 15.8 Å². The topological polar surface area (TPSA) is 15.3 Å². The smallest absolute Gasteiger partial charge is 0.123 e. The average Bonchev–Trinajstić information content (AvgIpc) is 3.30. The molecule has 0 bridgehead atoms. The van der Waals surface area contributed by atoms with Crippen molar-refractivity contribution in [1.82, 2.24) is 5.32 Å². The monoisotopic (exact) mass is 270 g/mol. The van der Waals surface area contributed by atoms with E-state index in [1.54, 1.807) is 12.1 Å². The summed E-state index contributed by atoms with van der Waals surface area (Å²) in [6, 6.07) is 15.6. The van der Waals surface area contributed by atoms with E-state index in [1.807, 2.05) is 13.1 Å². The van der Waals surface area contributed by atoms with E-state index >= 15 is 0 Å². The third-order valence-corrected chi connectivity index (χ3v) is 3.73. The summed E-state index contributed by atoms with van der Waals surface area (Å²) in [6.07, 6.45) is 2.58. The normalized spacial score (nSPS) is 14.3. The number of nitrogens with zero attached hydrogens (tertiary/aromatic N) is 1. The molecule has 20 heavy (non-hydrogen) atoms. The lowest BCUT2D eigenvalue weighted by Gasteiger charge is -2.23. The highest BCUT2D eigenvalue weighted by atomic mass is 19.1. The molecule has 2 nitrogen and oxygen atoms in total. The Labute approximate surface area is 119 Å². The zero-order chi connectivity index (χ0) is 13.9. The van der Waals surface area contributed by atoms with Crippen LogP contribution in [0.25, 0.3) is 0 Å². The summed E-state index contributed by atoms with van der Waals surface area (Å²) in [5, 5.41) is 3.54. The first-order valence-electron chi connectivity index (χ1n) is 7.04. The molecular formula is C17H19FN2. The molecule has 3 rings (SSSR count). The molecule has 0 aromatic heterocycles. The molecule has 0 atom stereocenters. The van der Waals surface area contributed by atoms with Crippen molar-refractivity contribution in [2.75, 3.05) is 11.9 Å². The van der Waals surface area contributed by atoms with Crippen molar-refractivity contribution >= 4 is 11.4 Å². The number of rotatable bonds is 5. The summed E-state index contributed by atoms with van der Waals surface area (Å²) in [6.45, 7) is 0.881. The van der Waals surface area contributed by atoms with Gasteiger partial charge in [0.2, 0.25) is 0 Å². The summed E-state index contributed by atoms with van der Waals surface area (Å²) < 4.78 is 13.0. The maximum absolute atomic E-state index is 13.0. The molecule has 0 aliphatic heterocycles. The molecule has 0 heterocycles. The zero-order valence-corrected chi connectivity index (χ0v) is 11.6. The van der Waals surface area contributed by atoms with Crippen molar-refractivity contribution in [2.45, 2.75) is 25.4 Å². The summed E-state index contributed by atoms with van der Waals surface area (Å²) in [5.74, 6) is -0.203. The van der Waals surface area contributed by atoms with E-state index < -0.39 is 0 Å². The van der Waals surface area contributed by atoms with Crippen LogP contribution in [0, 0.1) is 5.82 Å². The Balaban J connectivity index is 1.82. The van der Waals surface area contributed by atoms with Crippen LogP contribution in [0.15, 0.2) is 48.5 Å². The number of para-hydroxylation sites is 1. The molecule has 0 radical (unpaired) electrons. The Morgan fingerprint density at radius 2 is 1.80 bits per heavy atom. The maximum Gasteiger partial charge on any atom is 0.123 e. The van der Waals surface area contributed by atoms with Gasteiger partial charge in [0, 0.05) is 31.0 Å². The molecular weight excluding hydrogens is 251 g/mol. The number of hydrogen-bond donors (Lipinski definition) is 1. The second-order valence-corrected chi connectivity index (χ2v) is 5.32. The minimum absolute atomic E-state index is 0.203. The van der Waals surface area contributed by atoms with Crippen LogP contribution in [0.5, 0.6) is 0 Å². The van der Waals surface area contributed by atoms with Gasteiger partial charge >= 0.3 is 0 Å². The third kappa shape index (κ3) is 2.99. The van der Waals surface area contributed by atoms with Gasteiger partial charge in [-0.25, -0.2) is 4.39 Å². The Morgan fingerprint density at radius 3 is 2.50 bits per heavy atom. The molecule has 0 amide bonds. The lowest BCUT2D eigenvalue weighted by atomic mass is 10.1. The summed E-state index contributed by atoms with van der Waals surface area (Å²) >= 11 is 0. The lowest BCUT2D eigenvalue weighted by Crippen LogP contribution is -2.18. The predicted octanol–water partition coefficient (Wildman–Crippen LogP) is 3.85. The van der Waals surface area contributed by atoms with Crippen molar-refractivity contribution < 1.29 is 4.39 Å². The van der Waals surface area contributed by atoms with E-state index in [4.69, 9.17) is 0 Å². The fourth-order valence-electron chi connectivity index (χ4n) is 2.33. The number of hydrogen-bond acceptors (Lipinski definition) is 2. The van der Waals surface area contributed by atoms with Gasteiger partial charge in [-0.1, -0.05) is 18.2 Å². The van der Waals surface area contributed by atoms with Crippen molar-refractivity contribution in [3.63, 3.8) is 0 Å². The second kappa shape index (κ2) is 5.63. The minimum Gasteiger partial charge on any atom is -0.344 e. The summed E-state index contributed by atoms with van der Waals surface area (Å²) in [5.41, 5.74) is 3.42. The molecule has 1 fully saturated rings. The SMILES string of the molecule is CN(c1ccc(F)cc1)c1ccccc1CNC1CC1. The van der Waals surface area contributed by atoms with Crippen LogP contribution < -0.4 is 10.2 Å². The van der Waals surface area contributed by atoms with Crippen LogP contribution >= 0.6 is 0 Å².